The van der Waals surface area contributed by atoms with Crippen LogP contribution in [0.15, 0.2) is 35.1 Å². The van der Waals surface area contributed by atoms with Crippen LogP contribution in [-0.2, 0) is 13.5 Å². The molecular formula is C15H19BrN4. The van der Waals surface area contributed by atoms with Crippen molar-refractivity contribution in [3.05, 3.63) is 46.5 Å². The van der Waals surface area contributed by atoms with Crippen molar-refractivity contribution in [2.75, 3.05) is 6.54 Å². The maximum Gasteiger partial charge on any atom is 0.138 e. The van der Waals surface area contributed by atoms with Gasteiger partial charge < -0.3 is 5.32 Å². The highest BCUT2D eigenvalue weighted by molar-refractivity contribution is 9.10. The fraction of sp³-hybridized carbons (Fsp3) is 0.467. The van der Waals surface area contributed by atoms with E-state index in [9.17, 15) is 0 Å². The summed E-state index contributed by atoms with van der Waals surface area (Å²) in [5, 5.41) is 7.80. The Balaban J connectivity index is 1.75. The minimum absolute atomic E-state index is 0.437. The number of aromatic nitrogens is 3. The Kier molecular flexibility index (Phi) is 4.17. The van der Waals surface area contributed by atoms with Crippen LogP contribution in [0.4, 0.5) is 0 Å². The largest absolute Gasteiger partial charge is 0.313 e. The van der Waals surface area contributed by atoms with E-state index < -0.39 is 0 Å². The molecule has 3 rings (SSSR count). The number of benzene rings is 1. The minimum atomic E-state index is 0.437. The first-order chi connectivity index (χ1) is 9.72. The van der Waals surface area contributed by atoms with Crippen molar-refractivity contribution in [1.29, 1.82) is 0 Å². The fourth-order valence-electron chi connectivity index (χ4n) is 2.36. The predicted molar refractivity (Wildman–Crippen MR) is 82.6 cm³/mol. The van der Waals surface area contributed by atoms with Gasteiger partial charge in [-0.1, -0.05) is 28.1 Å². The number of hydrogen-bond donors (Lipinski definition) is 1. The first kappa shape index (κ1) is 13.8. The van der Waals surface area contributed by atoms with Crippen LogP contribution < -0.4 is 5.32 Å². The Bertz CT molecular complexity index is 560. The van der Waals surface area contributed by atoms with E-state index in [1.165, 1.54) is 18.4 Å². The third-order valence-corrected chi connectivity index (χ3v) is 4.33. The summed E-state index contributed by atoms with van der Waals surface area (Å²) in [6.07, 6.45) is 5.17. The normalized spacial score (nSPS) is 16.3. The maximum absolute atomic E-state index is 4.36. The first-order valence-corrected chi connectivity index (χ1v) is 7.83. The Labute approximate surface area is 127 Å². The number of nitrogens with one attached hydrogen (secondary N) is 1. The average molecular weight is 335 g/mol. The standard InChI is InChI=1S/C15H19BrN4/c1-20-15(18-10-19-20)8-12(9-17-14-6-7-14)11-2-4-13(16)5-3-11/h2-5,10,12,14,17H,6-9H2,1H3. The third-order valence-electron chi connectivity index (χ3n) is 3.81. The highest BCUT2D eigenvalue weighted by Crippen LogP contribution is 2.24. The topological polar surface area (TPSA) is 42.7 Å². The molecular weight excluding hydrogens is 316 g/mol. The van der Waals surface area contributed by atoms with Gasteiger partial charge in [0.2, 0.25) is 0 Å². The number of rotatable bonds is 6. The Morgan fingerprint density at radius 2 is 2.10 bits per heavy atom. The molecule has 1 atom stereocenters. The van der Waals surface area contributed by atoms with E-state index in [-0.39, 0.29) is 0 Å². The van der Waals surface area contributed by atoms with E-state index >= 15 is 0 Å². The molecule has 0 amide bonds. The third kappa shape index (κ3) is 3.46. The van der Waals surface area contributed by atoms with Gasteiger partial charge in [-0.05, 0) is 30.5 Å². The number of aryl methyl sites for hydroxylation is 1. The molecule has 0 saturated heterocycles. The molecule has 1 aromatic carbocycles. The van der Waals surface area contributed by atoms with Crippen LogP contribution in [0.1, 0.15) is 30.1 Å². The van der Waals surface area contributed by atoms with E-state index in [0.717, 1.165) is 29.3 Å². The molecule has 0 radical (unpaired) electrons. The van der Waals surface area contributed by atoms with Gasteiger partial charge in [0.25, 0.3) is 0 Å². The van der Waals surface area contributed by atoms with Crippen molar-refractivity contribution in [2.45, 2.75) is 31.2 Å². The lowest BCUT2D eigenvalue weighted by Crippen LogP contribution is -2.25. The highest BCUT2D eigenvalue weighted by Gasteiger charge is 2.23. The Hall–Kier alpha value is -1.20. The Morgan fingerprint density at radius 3 is 2.70 bits per heavy atom. The van der Waals surface area contributed by atoms with Gasteiger partial charge in [-0.3, -0.25) is 4.68 Å². The lowest BCUT2D eigenvalue weighted by atomic mass is 9.95. The molecule has 1 unspecified atom stereocenters. The van der Waals surface area contributed by atoms with Gasteiger partial charge in [0, 0.05) is 36.4 Å². The predicted octanol–water partition coefficient (Wildman–Crippen LogP) is 2.66. The van der Waals surface area contributed by atoms with E-state index in [2.05, 4.69) is 55.6 Å². The summed E-state index contributed by atoms with van der Waals surface area (Å²) in [7, 11) is 1.95. The van der Waals surface area contributed by atoms with Crippen LogP contribution in [0.2, 0.25) is 0 Å². The van der Waals surface area contributed by atoms with Crippen LogP contribution in [0.25, 0.3) is 0 Å². The lowest BCUT2D eigenvalue weighted by molar-refractivity contribution is 0.551. The van der Waals surface area contributed by atoms with E-state index in [1.807, 2.05) is 11.7 Å². The molecule has 1 heterocycles. The number of hydrogen-bond acceptors (Lipinski definition) is 3. The van der Waals surface area contributed by atoms with E-state index in [0.29, 0.717) is 5.92 Å². The second-order valence-electron chi connectivity index (χ2n) is 5.43. The van der Waals surface area contributed by atoms with Crippen LogP contribution in [0.5, 0.6) is 0 Å². The fourth-order valence-corrected chi connectivity index (χ4v) is 2.63. The molecule has 2 aromatic rings. The van der Waals surface area contributed by atoms with Crippen molar-refractivity contribution >= 4 is 15.9 Å². The summed E-state index contributed by atoms with van der Waals surface area (Å²) in [6, 6.07) is 9.33. The van der Waals surface area contributed by atoms with Gasteiger partial charge in [-0.15, -0.1) is 0 Å². The quantitative estimate of drug-likeness (QED) is 0.883. The van der Waals surface area contributed by atoms with Crippen LogP contribution in [0.3, 0.4) is 0 Å². The lowest BCUT2D eigenvalue weighted by Gasteiger charge is -2.18. The van der Waals surface area contributed by atoms with Gasteiger partial charge in [0.05, 0.1) is 0 Å². The monoisotopic (exact) mass is 334 g/mol. The van der Waals surface area contributed by atoms with Gasteiger partial charge >= 0.3 is 0 Å². The second-order valence-corrected chi connectivity index (χ2v) is 6.35. The second kappa shape index (κ2) is 6.06. The van der Waals surface area contributed by atoms with Gasteiger partial charge in [0.15, 0.2) is 0 Å². The summed E-state index contributed by atoms with van der Waals surface area (Å²) < 4.78 is 2.98. The molecule has 5 heteroatoms. The van der Waals surface area contributed by atoms with Gasteiger partial charge in [-0.25, -0.2) is 4.98 Å². The van der Waals surface area contributed by atoms with Crippen molar-refractivity contribution in [2.24, 2.45) is 7.05 Å². The van der Waals surface area contributed by atoms with Crippen LogP contribution >= 0.6 is 15.9 Å². The number of halogens is 1. The average Bonchev–Trinajstić information content (AvgIpc) is 3.19. The molecule has 0 spiro atoms. The molecule has 1 aliphatic rings. The molecule has 1 aliphatic carbocycles. The molecule has 1 aromatic heterocycles. The smallest absolute Gasteiger partial charge is 0.138 e. The van der Waals surface area contributed by atoms with Crippen LogP contribution in [-0.4, -0.2) is 27.4 Å². The van der Waals surface area contributed by atoms with Gasteiger partial charge in [-0.2, -0.15) is 5.10 Å². The molecule has 0 aliphatic heterocycles. The molecule has 4 nitrogen and oxygen atoms in total. The van der Waals surface area contributed by atoms with Gasteiger partial charge in [0.1, 0.15) is 12.2 Å². The summed E-state index contributed by atoms with van der Waals surface area (Å²) in [6.45, 7) is 0.999. The molecule has 20 heavy (non-hydrogen) atoms. The van der Waals surface area contributed by atoms with Crippen molar-refractivity contribution in [1.82, 2.24) is 20.1 Å². The summed E-state index contributed by atoms with van der Waals surface area (Å²) in [4.78, 5) is 4.36. The minimum Gasteiger partial charge on any atom is -0.313 e. The molecule has 106 valence electrons. The van der Waals surface area contributed by atoms with Crippen molar-refractivity contribution in [3.63, 3.8) is 0 Å². The highest BCUT2D eigenvalue weighted by atomic mass is 79.9. The van der Waals surface area contributed by atoms with Crippen molar-refractivity contribution < 1.29 is 0 Å². The maximum atomic E-state index is 4.36. The van der Waals surface area contributed by atoms with Crippen molar-refractivity contribution in [3.8, 4) is 0 Å². The summed E-state index contributed by atoms with van der Waals surface area (Å²) in [5.41, 5.74) is 1.35. The zero-order valence-corrected chi connectivity index (χ0v) is 13.2. The zero-order valence-electron chi connectivity index (χ0n) is 11.6. The molecule has 0 bridgehead atoms. The molecule has 1 N–H and O–H groups in total. The van der Waals surface area contributed by atoms with E-state index in [4.69, 9.17) is 0 Å². The first-order valence-electron chi connectivity index (χ1n) is 7.04. The summed E-state index contributed by atoms with van der Waals surface area (Å²) in [5.74, 6) is 1.47. The molecule has 1 fully saturated rings. The van der Waals surface area contributed by atoms with Crippen LogP contribution in [0, 0.1) is 0 Å². The SMILES string of the molecule is Cn1ncnc1CC(CNC1CC1)c1ccc(Br)cc1. The molecule has 1 saturated carbocycles. The zero-order chi connectivity index (χ0) is 13.9. The van der Waals surface area contributed by atoms with E-state index in [1.54, 1.807) is 6.33 Å². The summed E-state index contributed by atoms with van der Waals surface area (Å²) >= 11 is 3.50. The number of nitrogens with zero attached hydrogens (tertiary/aromatic N) is 3. The Morgan fingerprint density at radius 1 is 1.35 bits per heavy atom.